The van der Waals surface area contributed by atoms with Gasteiger partial charge in [-0.2, -0.15) is 0 Å². The Morgan fingerprint density at radius 1 is 1.21 bits per heavy atom. The minimum Gasteiger partial charge on any atom is -0.452 e. The maximum Gasteiger partial charge on any atom is 0.338 e. The van der Waals surface area contributed by atoms with Crippen LogP contribution >= 0.6 is 11.6 Å². The van der Waals surface area contributed by atoms with Gasteiger partial charge in [0.15, 0.2) is 6.61 Å². The molecule has 130 valence electrons. The molecule has 0 bridgehead atoms. The number of nitrogens with zero attached hydrogens (tertiary/aromatic N) is 1. The van der Waals surface area contributed by atoms with Gasteiger partial charge in [0.2, 0.25) is 0 Å². The molecule has 5 nitrogen and oxygen atoms in total. The van der Waals surface area contributed by atoms with Gasteiger partial charge in [-0.05, 0) is 49.8 Å². The first-order chi connectivity index (χ1) is 11.6. The molecule has 6 heteroatoms. The number of rotatable bonds is 3. The van der Waals surface area contributed by atoms with Gasteiger partial charge in [-0.25, -0.2) is 4.79 Å². The third-order valence-corrected chi connectivity index (χ3v) is 5.47. The zero-order valence-corrected chi connectivity index (χ0v) is 14.4. The average Bonchev–Trinajstić information content (AvgIpc) is 2.61. The predicted molar refractivity (Wildman–Crippen MR) is 92.8 cm³/mol. The summed E-state index contributed by atoms with van der Waals surface area (Å²) in [5, 5.41) is 0.388. The van der Waals surface area contributed by atoms with E-state index in [1.165, 1.54) is 31.7 Å². The van der Waals surface area contributed by atoms with E-state index in [4.69, 9.17) is 22.1 Å². The molecule has 1 aliphatic carbocycles. The number of amides is 1. The van der Waals surface area contributed by atoms with Crippen molar-refractivity contribution in [3.8, 4) is 0 Å². The first kappa shape index (κ1) is 17.1. The molecule has 2 N–H and O–H groups in total. The van der Waals surface area contributed by atoms with E-state index < -0.39 is 5.97 Å². The van der Waals surface area contributed by atoms with Gasteiger partial charge in [0.25, 0.3) is 5.91 Å². The van der Waals surface area contributed by atoms with Crippen molar-refractivity contribution in [1.29, 1.82) is 0 Å². The van der Waals surface area contributed by atoms with Crippen molar-refractivity contribution in [2.45, 2.75) is 44.6 Å². The van der Waals surface area contributed by atoms with Crippen LogP contribution in [0.25, 0.3) is 0 Å². The van der Waals surface area contributed by atoms with Crippen LogP contribution in [0, 0.1) is 5.92 Å². The largest absolute Gasteiger partial charge is 0.452 e. The van der Waals surface area contributed by atoms with Crippen molar-refractivity contribution in [3.63, 3.8) is 0 Å². The highest BCUT2D eigenvalue weighted by Gasteiger charge is 2.35. The summed E-state index contributed by atoms with van der Waals surface area (Å²) in [4.78, 5) is 26.5. The van der Waals surface area contributed by atoms with E-state index in [-0.39, 0.29) is 12.5 Å². The van der Waals surface area contributed by atoms with Crippen LogP contribution in [0.15, 0.2) is 18.2 Å². The lowest BCUT2D eigenvalue weighted by Gasteiger charge is -2.44. The lowest BCUT2D eigenvalue weighted by molar-refractivity contribution is -0.140. The molecule has 24 heavy (non-hydrogen) atoms. The molecule has 0 aromatic heterocycles. The molecular formula is C18H23ClN2O3. The van der Waals surface area contributed by atoms with Crippen molar-refractivity contribution >= 4 is 29.2 Å². The van der Waals surface area contributed by atoms with Crippen molar-refractivity contribution in [2.75, 3.05) is 18.9 Å². The highest BCUT2D eigenvalue weighted by Crippen LogP contribution is 2.35. The second-order valence-corrected chi connectivity index (χ2v) is 7.06. The van der Waals surface area contributed by atoms with Gasteiger partial charge in [-0.3, -0.25) is 4.79 Å². The molecule has 1 aromatic rings. The molecule has 1 saturated heterocycles. The second kappa shape index (κ2) is 7.43. The van der Waals surface area contributed by atoms with Crippen LogP contribution < -0.4 is 5.73 Å². The Morgan fingerprint density at radius 2 is 1.96 bits per heavy atom. The number of piperidine rings is 1. The third-order valence-electron chi connectivity index (χ3n) is 5.12. The first-order valence-corrected chi connectivity index (χ1v) is 8.95. The molecule has 1 heterocycles. The Hall–Kier alpha value is -1.75. The molecule has 2 aliphatic rings. The van der Waals surface area contributed by atoms with Gasteiger partial charge in [-0.15, -0.1) is 0 Å². The number of carbonyl (C=O) groups excluding carboxylic acids is 2. The molecule has 0 spiro atoms. The maximum absolute atomic E-state index is 12.5. The number of fused-ring (bicyclic) bond motifs is 1. The van der Waals surface area contributed by atoms with Crippen LogP contribution in [0.3, 0.4) is 0 Å². The number of nitrogens with two attached hydrogens (primary N) is 1. The van der Waals surface area contributed by atoms with E-state index >= 15 is 0 Å². The number of nitrogen functional groups attached to an aromatic ring is 1. The maximum atomic E-state index is 12.5. The smallest absolute Gasteiger partial charge is 0.338 e. The number of ether oxygens (including phenoxy) is 1. The van der Waals surface area contributed by atoms with Crippen LogP contribution in [0.4, 0.5) is 5.69 Å². The Labute approximate surface area is 147 Å². The Balaban J connectivity index is 1.58. The summed E-state index contributed by atoms with van der Waals surface area (Å²) < 4.78 is 5.19. The van der Waals surface area contributed by atoms with Crippen LogP contribution in [-0.4, -0.2) is 36.0 Å². The molecule has 1 aliphatic heterocycles. The summed E-state index contributed by atoms with van der Waals surface area (Å²) in [5.74, 6) is -0.0333. The van der Waals surface area contributed by atoms with Gasteiger partial charge >= 0.3 is 5.97 Å². The van der Waals surface area contributed by atoms with E-state index in [1.54, 1.807) is 12.1 Å². The minimum absolute atomic E-state index is 0.0955. The fourth-order valence-corrected chi connectivity index (χ4v) is 4.02. The van der Waals surface area contributed by atoms with Crippen molar-refractivity contribution in [2.24, 2.45) is 5.92 Å². The highest BCUT2D eigenvalue weighted by molar-refractivity contribution is 6.33. The summed E-state index contributed by atoms with van der Waals surface area (Å²) in [6, 6.07) is 4.88. The van der Waals surface area contributed by atoms with E-state index in [2.05, 4.69) is 0 Å². The van der Waals surface area contributed by atoms with E-state index in [0.29, 0.717) is 28.2 Å². The van der Waals surface area contributed by atoms with Gasteiger partial charge in [0.1, 0.15) is 0 Å². The lowest BCUT2D eigenvalue weighted by atomic mass is 9.78. The van der Waals surface area contributed by atoms with E-state index in [1.807, 2.05) is 4.90 Å². The molecule has 2 atom stereocenters. The number of hydrogen-bond donors (Lipinski definition) is 1. The highest BCUT2D eigenvalue weighted by atomic mass is 35.5. The molecule has 0 unspecified atom stereocenters. The van der Waals surface area contributed by atoms with Crippen LogP contribution in [0.5, 0.6) is 0 Å². The van der Waals surface area contributed by atoms with Crippen LogP contribution in [0.2, 0.25) is 5.02 Å². The van der Waals surface area contributed by atoms with Gasteiger partial charge in [0.05, 0.1) is 16.3 Å². The molecule has 3 rings (SSSR count). The normalized spacial score (nSPS) is 23.5. The second-order valence-electron chi connectivity index (χ2n) is 6.65. The fourth-order valence-electron chi connectivity index (χ4n) is 3.90. The van der Waals surface area contributed by atoms with Gasteiger partial charge in [0, 0.05) is 12.6 Å². The van der Waals surface area contributed by atoms with E-state index in [9.17, 15) is 9.59 Å². The van der Waals surface area contributed by atoms with Crippen LogP contribution in [0.1, 0.15) is 48.9 Å². The Bertz CT molecular complexity index is 633. The molecule has 2 fully saturated rings. The lowest BCUT2D eigenvalue weighted by Crippen LogP contribution is -2.50. The fraction of sp³-hybridized carbons (Fsp3) is 0.556. The quantitative estimate of drug-likeness (QED) is 0.670. The van der Waals surface area contributed by atoms with Crippen LogP contribution in [-0.2, 0) is 9.53 Å². The molecule has 1 saturated carbocycles. The monoisotopic (exact) mass is 350 g/mol. The topological polar surface area (TPSA) is 72.6 Å². The van der Waals surface area contributed by atoms with Crippen molar-refractivity contribution in [1.82, 2.24) is 4.90 Å². The predicted octanol–water partition coefficient (Wildman–Crippen LogP) is 3.26. The number of benzene rings is 1. The first-order valence-electron chi connectivity index (χ1n) is 8.58. The molecule has 1 amide bonds. The number of halogens is 1. The average molecular weight is 351 g/mol. The van der Waals surface area contributed by atoms with Crippen molar-refractivity contribution < 1.29 is 14.3 Å². The summed E-state index contributed by atoms with van der Waals surface area (Å²) in [5.41, 5.74) is 6.31. The number of carbonyl (C=O) groups is 2. The zero-order valence-electron chi connectivity index (χ0n) is 13.7. The third kappa shape index (κ3) is 3.66. The zero-order chi connectivity index (χ0) is 17.1. The van der Waals surface area contributed by atoms with Gasteiger partial charge < -0.3 is 15.4 Å². The molecule has 1 aromatic carbocycles. The summed E-state index contributed by atoms with van der Waals surface area (Å²) >= 11 is 5.84. The van der Waals surface area contributed by atoms with Crippen molar-refractivity contribution in [3.05, 3.63) is 28.8 Å². The number of likely N-dealkylation sites (tertiary alicyclic amines) is 1. The summed E-state index contributed by atoms with van der Waals surface area (Å²) in [7, 11) is 0. The van der Waals surface area contributed by atoms with E-state index in [0.717, 1.165) is 19.4 Å². The SMILES string of the molecule is Nc1cc(C(=O)OCC(=O)N2CCC[C@H]3CCCC[C@@H]32)ccc1Cl. The minimum atomic E-state index is -0.552. The number of hydrogen-bond acceptors (Lipinski definition) is 4. The number of esters is 1. The summed E-state index contributed by atoms with van der Waals surface area (Å²) in [6.45, 7) is 0.552. The Kier molecular flexibility index (Phi) is 5.29. The Morgan fingerprint density at radius 3 is 2.75 bits per heavy atom. The summed E-state index contributed by atoms with van der Waals surface area (Å²) in [6.07, 6.45) is 6.95. The standard InChI is InChI=1S/C18H23ClN2O3/c19-14-8-7-13(10-15(14)20)18(23)24-11-17(22)21-9-3-5-12-4-1-2-6-16(12)21/h7-8,10,12,16H,1-6,9,11,20H2/t12-,16+/m1/s1. The molecular weight excluding hydrogens is 328 g/mol. The number of anilines is 1. The molecule has 0 radical (unpaired) electrons. The van der Waals surface area contributed by atoms with Gasteiger partial charge in [-0.1, -0.05) is 24.4 Å².